The van der Waals surface area contributed by atoms with Crippen LogP contribution < -0.4 is 5.32 Å². The van der Waals surface area contributed by atoms with Gasteiger partial charge in [-0.05, 0) is 25.5 Å². The number of aliphatic hydroxyl groups is 1. The highest BCUT2D eigenvalue weighted by molar-refractivity contribution is 6.32. The van der Waals surface area contributed by atoms with Crippen molar-refractivity contribution in [1.29, 1.82) is 0 Å². The van der Waals surface area contributed by atoms with Gasteiger partial charge in [-0.25, -0.2) is 0 Å². The summed E-state index contributed by atoms with van der Waals surface area (Å²) in [6, 6.07) is 3.82. The Hall–Kier alpha value is -1.66. The van der Waals surface area contributed by atoms with Crippen molar-refractivity contribution in [2.24, 2.45) is 0 Å². The second-order valence-corrected chi connectivity index (χ2v) is 5.26. The molecule has 0 saturated carbocycles. The van der Waals surface area contributed by atoms with Crippen molar-refractivity contribution in [1.82, 2.24) is 5.32 Å². The number of amides is 1. The number of nitrogens with zero attached hydrogens (tertiary/aromatic N) is 1. The van der Waals surface area contributed by atoms with Crippen LogP contribution in [0.5, 0.6) is 0 Å². The number of carbonyl (C=O) groups is 1. The minimum absolute atomic E-state index is 0.0236. The summed E-state index contributed by atoms with van der Waals surface area (Å²) in [5, 5.41) is 23.2. The van der Waals surface area contributed by atoms with Gasteiger partial charge >= 0.3 is 0 Å². The van der Waals surface area contributed by atoms with Crippen molar-refractivity contribution < 1.29 is 14.8 Å². The van der Waals surface area contributed by atoms with Gasteiger partial charge in [0.05, 0.1) is 10.5 Å². The lowest BCUT2D eigenvalue weighted by Gasteiger charge is -2.22. The number of hydrogen-bond donors (Lipinski definition) is 2. The molecule has 1 unspecified atom stereocenters. The molecule has 0 aromatic heterocycles. The number of nitro groups is 1. The summed E-state index contributed by atoms with van der Waals surface area (Å²) >= 11 is 5.67. The maximum Gasteiger partial charge on any atom is 0.288 e. The first-order valence-electron chi connectivity index (χ1n) is 6.21. The molecule has 7 heteroatoms. The van der Waals surface area contributed by atoms with Crippen LogP contribution in [0.4, 0.5) is 5.69 Å². The molecule has 1 rings (SSSR count). The van der Waals surface area contributed by atoms with Crippen LogP contribution in [0, 0.1) is 10.1 Å². The summed E-state index contributed by atoms with van der Waals surface area (Å²) in [7, 11) is 0. The van der Waals surface area contributed by atoms with Gasteiger partial charge in [-0.1, -0.05) is 24.9 Å². The van der Waals surface area contributed by atoms with E-state index in [9.17, 15) is 20.0 Å². The van der Waals surface area contributed by atoms with Crippen molar-refractivity contribution >= 4 is 23.2 Å². The zero-order chi connectivity index (χ0) is 15.3. The maximum atomic E-state index is 11.9. The molecule has 20 heavy (non-hydrogen) atoms. The van der Waals surface area contributed by atoms with Crippen LogP contribution >= 0.6 is 11.6 Å². The molecule has 0 bridgehead atoms. The molecule has 1 aromatic rings. The van der Waals surface area contributed by atoms with Crippen LogP contribution in [-0.4, -0.2) is 28.1 Å². The van der Waals surface area contributed by atoms with Crippen molar-refractivity contribution in [2.45, 2.75) is 32.3 Å². The lowest BCUT2D eigenvalue weighted by atomic mass is 10.0. The fourth-order valence-electron chi connectivity index (χ4n) is 1.79. The number of nitro benzene ring substituents is 1. The molecule has 0 aliphatic heterocycles. The molecular weight excluding hydrogens is 284 g/mol. The minimum atomic E-state index is -0.997. The van der Waals surface area contributed by atoms with Crippen LogP contribution in [0.1, 0.15) is 37.0 Å². The Balaban J connectivity index is 2.78. The van der Waals surface area contributed by atoms with E-state index in [1.54, 1.807) is 6.92 Å². The Morgan fingerprint density at radius 1 is 1.55 bits per heavy atom. The van der Waals surface area contributed by atoms with Crippen LogP contribution in [0.15, 0.2) is 18.2 Å². The van der Waals surface area contributed by atoms with Crippen LogP contribution in [0.2, 0.25) is 5.02 Å². The molecule has 0 aliphatic rings. The van der Waals surface area contributed by atoms with E-state index in [0.29, 0.717) is 6.42 Å². The summed E-state index contributed by atoms with van der Waals surface area (Å²) in [5.74, 6) is -0.485. The van der Waals surface area contributed by atoms with Gasteiger partial charge < -0.3 is 10.4 Å². The van der Waals surface area contributed by atoms with Gasteiger partial charge in [0.2, 0.25) is 0 Å². The zero-order valence-corrected chi connectivity index (χ0v) is 12.1. The number of nitrogens with one attached hydrogen (secondary N) is 1. The second kappa shape index (κ2) is 6.67. The van der Waals surface area contributed by atoms with E-state index in [-0.39, 0.29) is 22.8 Å². The number of hydrogen-bond acceptors (Lipinski definition) is 4. The summed E-state index contributed by atoms with van der Waals surface area (Å²) in [5.41, 5.74) is -1.18. The molecule has 110 valence electrons. The van der Waals surface area contributed by atoms with Crippen molar-refractivity contribution in [3.63, 3.8) is 0 Å². The van der Waals surface area contributed by atoms with E-state index in [1.165, 1.54) is 12.1 Å². The van der Waals surface area contributed by atoms with Gasteiger partial charge in [0.25, 0.3) is 11.6 Å². The number of halogens is 1. The topological polar surface area (TPSA) is 92.5 Å². The Bertz CT molecular complexity index is 517. The molecule has 2 N–H and O–H groups in total. The zero-order valence-electron chi connectivity index (χ0n) is 11.4. The molecule has 1 atom stereocenters. The standard InChI is InChI=1S/C13H17ClN2O4/c1-3-6-13(2,18)8-15-12(17)9-4-5-10(14)11(7-9)16(19)20/h4-5,7,18H,3,6,8H2,1-2H3,(H,15,17). The molecular formula is C13H17ClN2O4. The van der Waals surface area contributed by atoms with Crippen molar-refractivity contribution in [3.05, 3.63) is 38.9 Å². The lowest BCUT2D eigenvalue weighted by Crippen LogP contribution is -2.40. The third-order valence-electron chi connectivity index (χ3n) is 2.82. The third kappa shape index (κ3) is 4.47. The summed E-state index contributed by atoms with van der Waals surface area (Å²) in [6.45, 7) is 3.63. The van der Waals surface area contributed by atoms with E-state index in [4.69, 9.17) is 11.6 Å². The average molecular weight is 301 g/mol. The summed E-state index contributed by atoms with van der Waals surface area (Å²) < 4.78 is 0. The molecule has 6 nitrogen and oxygen atoms in total. The van der Waals surface area contributed by atoms with E-state index in [2.05, 4.69) is 5.32 Å². The monoisotopic (exact) mass is 300 g/mol. The predicted octanol–water partition coefficient (Wildman–Crippen LogP) is 2.53. The Kier molecular flexibility index (Phi) is 5.47. The SMILES string of the molecule is CCCC(C)(O)CNC(=O)c1ccc(Cl)c([N+](=O)[O-])c1. The molecule has 0 heterocycles. The highest BCUT2D eigenvalue weighted by Gasteiger charge is 2.21. The molecule has 0 spiro atoms. The number of rotatable bonds is 6. The Labute approximate surface area is 121 Å². The second-order valence-electron chi connectivity index (χ2n) is 4.85. The fraction of sp³-hybridized carbons (Fsp3) is 0.462. The fourth-order valence-corrected chi connectivity index (χ4v) is 1.98. The Morgan fingerprint density at radius 3 is 2.75 bits per heavy atom. The van der Waals surface area contributed by atoms with Crippen molar-refractivity contribution in [2.75, 3.05) is 6.54 Å². The third-order valence-corrected chi connectivity index (χ3v) is 3.14. The van der Waals surface area contributed by atoms with Crippen LogP contribution in [-0.2, 0) is 0 Å². The van der Waals surface area contributed by atoms with Gasteiger partial charge in [0, 0.05) is 18.2 Å². The highest BCUT2D eigenvalue weighted by atomic mass is 35.5. The van der Waals surface area contributed by atoms with Gasteiger partial charge in [-0.3, -0.25) is 14.9 Å². The van der Waals surface area contributed by atoms with Gasteiger partial charge in [-0.2, -0.15) is 0 Å². The summed E-state index contributed by atoms with van der Waals surface area (Å²) in [4.78, 5) is 22.0. The normalized spacial score (nSPS) is 13.6. The number of benzene rings is 1. The highest BCUT2D eigenvalue weighted by Crippen LogP contribution is 2.25. The number of carbonyl (C=O) groups excluding carboxylic acids is 1. The van der Waals surface area contributed by atoms with Gasteiger partial charge in [-0.15, -0.1) is 0 Å². The van der Waals surface area contributed by atoms with Crippen LogP contribution in [0.3, 0.4) is 0 Å². The van der Waals surface area contributed by atoms with E-state index in [1.807, 2.05) is 6.92 Å². The Morgan fingerprint density at radius 2 is 2.20 bits per heavy atom. The van der Waals surface area contributed by atoms with Crippen molar-refractivity contribution in [3.8, 4) is 0 Å². The smallest absolute Gasteiger partial charge is 0.288 e. The molecule has 0 saturated heterocycles. The largest absolute Gasteiger partial charge is 0.388 e. The van der Waals surface area contributed by atoms with Crippen LogP contribution in [0.25, 0.3) is 0 Å². The quantitative estimate of drug-likeness (QED) is 0.623. The van der Waals surface area contributed by atoms with E-state index in [0.717, 1.165) is 12.5 Å². The van der Waals surface area contributed by atoms with E-state index < -0.39 is 16.4 Å². The molecule has 1 aromatic carbocycles. The first kappa shape index (κ1) is 16.4. The molecule has 1 amide bonds. The molecule has 0 aliphatic carbocycles. The van der Waals surface area contributed by atoms with E-state index >= 15 is 0 Å². The molecule has 0 radical (unpaired) electrons. The van der Waals surface area contributed by atoms with Gasteiger partial charge in [0.15, 0.2) is 0 Å². The first-order chi connectivity index (χ1) is 9.26. The maximum absolute atomic E-state index is 11.9. The summed E-state index contributed by atoms with van der Waals surface area (Å²) in [6.07, 6.45) is 1.34. The first-order valence-corrected chi connectivity index (χ1v) is 6.59. The average Bonchev–Trinajstić information content (AvgIpc) is 2.36. The molecule has 0 fully saturated rings. The minimum Gasteiger partial charge on any atom is -0.388 e. The predicted molar refractivity (Wildman–Crippen MR) is 76.0 cm³/mol. The lowest BCUT2D eigenvalue weighted by molar-refractivity contribution is -0.384. The van der Waals surface area contributed by atoms with Gasteiger partial charge in [0.1, 0.15) is 5.02 Å².